The number of amides is 1. The van der Waals surface area contributed by atoms with E-state index in [0.717, 1.165) is 35.8 Å². The van der Waals surface area contributed by atoms with Gasteiger partial charge in [0, 0.05) is 37.8 Å². The quantitative estimate of drug-likeness (QED) is 0.825. The summed E-state index contributed by atoms with van der Waals surface area (Å²) >= 11 is 0. The van der Waals surface area contributed by atoms with Crippen molar-refractivity contribution in [1.29, 1.82) is 0 Å². The topological polar surface area (TPSA) is 63.7 Å². The zero-order valence-electron chi connectivity index (χ0n) is 15.1. The van der Waals surface area contributed by atoms with E-state index in [1.807, 2.05) is 36.4 Å². The number of rotatable bonds is 7. The van der Waals surface area contributed by atoms with E-state index in [1.54, 1.807) is 13.3 Å². The molecule has 6 nitrogen and oxygen atoms in total. The third-order valence-electron chi connectivity index (χ3n) is 4.43. The molecule has 26 heavy (non-hydrogen) atoms. The standard InChI is InChI=1S/C20H25N3O3/c1-25-18-6-2-4-16(14-18)7-8-19(24)22-15-17-5-3-9-21-20(17)23-10-12-26-13-11-23/h2-6,9,14H,7-8,10-13,15H2,1H3,(H,22,24). The number of aromatic nitrogens is 1. The molecule has 0 aliphatic carbocycles. The average Bonchev–Trinajstić information content (AvgIpc) is 2.71. The number of carbonyl (C=O) groups excluding carboxylic acids is 1. The molecule has 1 amide bonds. The summed E-state index contributed by atoms with van der Waals surface area (Å²) in [6.45, 7) is 3.56. The minimum absolute atomic E-state index is 0.0320. The van der Waals surface area contributed by atoms with E-state index in [0.29, 0.717) is 32.6 Å². The predicted molar refractivity (Wildman–Crippen MR) is 100 cm³/mol. The molecule has 1 aromatic heterocycles. The number of methoxy groups -OCH3 is 1. The number of benzene rings is 1. The highest BCUT2D eigenvalue weighted by atomic mass is 16.5. The zero-order chi connectivity index (χ0) is 18.2. The lowest BCUT2D eigenvalue weighted by molar-refractivity contribution is -0.121. The molecule has 1 aromatic carbocycles. The number of anilines is 1. The predicted octanol–water partition coefficient (Wildman–Crippen LogP) is 2.18. The van der Waals surface area contributed by atoms with Gasteiger partial charge in [-0.3, -0.25) is 4.79 Å². The van der Waals surface area contributed by atoms with Crippen molar-refractivity contribution < 1.29 is 14.3 Å². The molecule has 0 saturated carbocycles. The van der Waals surface area contributed by atoms with E-state index < -0.39 is 0 Å². The average molecular weight is 355 g/mol. The highest BCUT2D eigenvalue weighted by molar-refractivity contribution is 5.76. The van der Waals surface area contributed by atoms with Crippen molar-refractivity contribution in [2.24, 2.45) is 0 Å². The van der Waals surface area contributed by atoms with Crippen molar-refractivity contribution >= 4 is 11.7 Å². The smallest absolute Gasteiger partial charge is 0.220 e. The molecule has 1 aliphatic heterocycles. The Morgan fingerprint density at radius 1 is 1.27 bits per heavy atom. The van der Waals surface area contributed by atoms with Crippen LogP contribution in [0.5, 0.6) is 5.75 Å². The highest BCUT2D eigenvalue weighted by Crippen LogP contribution is 2.18. The molecule has 0 bridgehead atoms. The second kappa shape index (κ2) is 9.20. The van der Waals surface area contributed by atoms with Crippen LogP contribution in [0, 0.1) is 0 Å². The molecular weight excluding hydrogens is 330 g/mol. The molecule has 0 radical (unpaired) electrons. The van der Waals surface area contributed by atoms with Gasteiger partial charge >= 0.3 is 0 Å². The molecule has 138 valence electrons. The lowest BCUT2D eigenvalue weighted by atomic mass is 10.1. The SMILES string of the molecule is COc1cccc(CCC(=O)NCc2cccnc2N2CCOCC2)c1. The number of pyridine rings is 1. The van der Waals surface area contributed by atoms with Gasteiger partial charge in [0.15, 0.2) is 0 Å². The molecule has 2 heterocycles. The van der Waals surface area contributed by atoms with Gasteiger partial charge in [-0.2, -0.15) is 0 Å². The zero-order valence-corrected chi connectivity index (χ0v) is 15.1. The summed E-state index contributed by atoms with van der Waals surface area (Å²) in [5.74, 6) is 1.78. The molecule has 3 rings (SSSR count). The van der Waals surface area contributed by atoms with Crippen LogP contribution in [0.3, 0.4) is 0 Å². The van der Waals surface area contributed by atoms with E-state index in [1.165, 1.54) is 0 Å². The lowest BCUT2D eigenvalue weighted by Gasteiger charge is -2.29. The van der Waals surface area contributed by atoms with Gasteiger partial charge in [-0.25, -0.2) is 4.98 Å². The van der Waals surface area contributed by atoms with Crippen molar-refractivity contribution in [3.8, 4) is 5.75 Å². The molecule has 6 heteroatoms. The third-order valence-corrected chi connectivity index (χ3v) is 4.43. The molecular formula is C20H25N3O3. The molecule has 1 saturated heterocycles. The van der Waals surface area contributed by atoms with Crippen molar-refractivity contribution in [3.05, 3.63) is 53.7 Å². The number of hydrogen-bond donors (Lipinski definition) is 1. The van der Waals surface area contributed by atoms with Crippen molar-refractivity contribution in [2.75, 3.05) is 38.3 Å². The van der Waals surface area contributed by atoms with E-state index >= 15 is 0 Å². The maximum absolute atomic E-state index is 12.2. The largest absolute Gasteiger partial charge is 0.497 e. The summed E-state index contributed by atoms with van der Waals surface area (Å²) in [6, 6.07) is 11.7. The maximum Gasteiger partial charge on any atom is 0.220 e. The first-order valence-electron chi connectivity index (χ1n) is 8.92. The van der Waals surface area contributed by atoms with Crippen LogP contribution in [0.15, 0.2) is 42.6 Å². The summed E-state index contributed by atoms with van der Waals surface area (Å²) < 4.78 is 10.6. The number of nitrogens with one attached hydrogen (secondary N) is 1. The Kier molecular flexibility index (Phi) is 6.44. The van der Waals surface area contributed by atoms with E-state index in [-0.39, 0.29) is 5.91 Å². The second-order valence-electron chi connectivity index (χ2n) is 6.21. The number of morpholine rings is 1. The molecule has 0 atom stereocenters. The number of nitrogens with zero attached hydrogens (tertiary/aromatic N) is 2. The van der Waals surface area contributed by atoms with Crippen LogP contribution in [-0.2, 0) is 22.5 Å². The first kappa shape index (κ1) is 18.2. The first-order valence-corrected chi connectivity index (χ1v) is 8.92. The minimum atomic E-state index is 0.0320. The Hall–Kier alpha value is -2.60. The van der Waals surface area contributed by atoms with Crippen LogP contribution in [0.1, 0.15) is 17.5 Å². The van der Waals surface area contributed by atoms with E-state index in [4.69, 9.17) is 9.47 Å². The van der Waals surface area contributed by atoms with Gasteiger partial charge in [0.2, 0.25) is 5.91 Å². The highest BCUT2D eigenvalue weighted by Gasteiger charge is 2.16. The Morgan fingerprint density at radius 3 is 2.92 bits per heavy atom. The van der Waals surface area contributed by atoms with Gasteiger partial charge in [-0.15, -0.1) is 0 Å². The van der Waals surface area contributed by atoms with Gasteiger partial charge in [0.05, 0.1) is 20.3 Å². The van der Waals surface area contributed by atoms with Crippen molar-refractivity contribution in [2.45, 2.75) is 19.4 Å². The van der Waals surface area contributed by atoms with Crippen LogP contribution in [-0.4, -0.2) is 44.3 Å². The first-order chi connectivity index (χ1) is 12.8. The normalized spacial score (nSPS) is 14.1. The fraction of sp³-hybridized carbons (Fsp3) is 0.400. The fourth-order valence-corrected chi connectivity index (χ4v) is 3.00. The van der Waals surface area contributed by atoms with Gasteiger partial charge < -0.3 is 19.7 Å². The molecule has 1 N–H and O–H groups in total. The Bertz CT molecular complexity index is 730. The Labute approximate surface area is 154 Å². The van der Waals surface area contributed by atoms with Crippen molar-refractivity contribution in [3.63, 3.8) is 0 Å². The molecule has 0 unspecified atom stereocenters. The number of ether oxygens (including phenoxy) is 2. The molecule has 2 aromatic rings. The number of carbonyl (C=O) groups is 1. The van der Waals surface area contributed by atoms with Gasteiger partial charge in [-0.1, -0.05) is 18.2 Å². The molecule has 1 fully saturated rings. The molecule has 1 aliphatic rings. The lowest BCUT2D eigenvalue weighted by Crippen LogP contribution is -2.37. The number of hydrogen-bond acceptors (Lipinski definition) is 5. The van der Waals surface area contributed by atoms with Crippen LogP contribution < -0.4 is 15.0 Å². The third kappa shape index (κ3) is 4.95. The van der Waals surface area contributed by atoms with Crippen LogP contribution in [0.2, 0.25) is 0 Å². The van der Waals surface area contributed by atoms with Crippen LogP contribution in [0.25, 0.3) is 0 Å². The van der Waals surface area contributed by atoms with E-state index in [2.05, 4.69) is 15.2 Å². The van der Waals surface area contributed by atoms with Crippen LogP contribution in [0.4, 0.5) is 5.82 Å². The maximum atomic E-state index is 12.2. The fourth-order valence-electron chi connectivity index (χ4n) is 3.00. The molecule has 0 spiro atoms. The van der Waals surface area contributed by atoms with E-state index in [9.17, 15) is 4.79 Å². The summed E-state index contributed by atoms with van der Waals surface area (Å²) in [6.07, 6.45) is 2.92. The summed E-state index contributed by atoms with van der Waals surface area (Å²) in [4.78, 5) is 18.9. The van der Waals surface area contributed by atoms with Gasteiger partial charge in [-0.05, 0) is 30.2 Å². The minimum Gasteiger partial charge on any atom is -0.497 e. The van der Waals surface area contributed by atoms with Gasteiger partial charge in [0.25, 0.3) is 0 Å². The summed E-state index contributed by atoms with van der Waals surface area (Å²) in [7, 11) is 1.64. The number of aryl methyl sites for hydroxylation is 1. The van der Waals surface area contributed by atoms with Gasteiger partial charge in [0.1, 0.15) is 11.6 Å². The Balaban J connectivity index is 1.53. The Morgan fingerprint density at radius 2 is 2.12 bits per heavy atom. The van der Waals surface area contributed by atoms with Crippen LogP contribution >= 0.6 is 0 Å². The summed E-state index contributed by atoms with van der Waals surface area (Å²) in [5, 5.41) is 3.01. The summed E-state index contributed by atoms with van der Waals surface area (Å²) in [5.41, 5.74) is 2.12. The van der Waals surface area contributed by atoms with Crippen molar-refractivity contribution in [1.82, 2.24) is 10.3 Å². The second-order valence-corrected chi connectivity index (χ2v) is 6.21. The monoisotopic (exact) mass is 355 g/mol.